The van der Waals surface area contributed by atoms with Crippen LogP contribution in [0.4, 0.5) is 5.69 Å². The average molecular weight is 350 g/mol. The van der Waals surface area contributed by atoms with E-state index in [2.05, 4.69) is 33.0 Å². The Kier molecular flexibility index (Phi) is 7.94. The number of carbonyl (C=O) groups is 1. The van der Waals surface area contributed by atoms with E-state index in [1.165, 1.54) is 0 Å². The summed E-state index contributed by atoms with van der Waals surface area (Å²) in [4.78, 5) is 12.8. The van der Waals surface area contributed by atoms with Gasteiger partial charge in [0.1, 0.15) is 11.4 Å². The zero-order valence-electron chi connectivity index (χ0n) is 17.2. The molecule has 0 bridgehead atoms. The van der Waals surface area contributed by atoms with Crippen molar-refractivity contribution in [3.63, 3.8) is 0 Å². The third-order valence-electron chi connectivity index (χ3n) is 4.35. The first-order valence-electron chi connectivity index (χ1n) is 9.36. The molecule has 0 aliphatic rings. The Bertz CT molecular complexity index is 559. The van der Waals surface area contributed by atoms with Gasteiger partial charge in [-0.2, -0.15) is 0 Å². The molecule has 4 nitrogen and oxygen atoms in total. The molecule has 25 heavy (non-hydrogen) atoms. The first-order valence-corrected chi connectivity index (χ1v) is 9.36. The summed E-state index contributed by atoms with van der Waals surface area (Å²) in [7, 11) is 0. The van der Waals surface area contributed by atoms with Crippen molar-refractivity contribution in [3.05, 3.63) is 23.3 Å². The van der Waals surface area contributed by atoms with Crippen molar-refractivity contribution in [2.24, 2.45) is 5.92 Å². The average Bonchev–Trinajstić information content (AvgIpc) is 2.50. The molecule has 1 N–H and O–H groups in total. The van der Waals surface area contributed by atoms with Gasteiger partial charge in [-0.3, -0.25) is 4.79 Å². The number of hydrogen-bond acceptors (Lipinski definition) is 3. The Morgan fingerprint density at radius 3 is 2.16 bits per heavy atom. The fourth-order valence-corrected chi connectivity index (χ4v) is 3.07. The van der Waals surface area contributed by atoms with Gasteiger partial charge in [0, 0.05) is 12.3 Å². The van der Waals surface area contributed by atoms with Gasteiger partial charge in [-0.1, -0.05) is 20.8 Å². The maximum absolute atomic E-state index is 12.8. The van der Waals surface area contributed by atoms with Crippen LogP contribution >= 0.6 is 0 Å². The predicted octanol–water partition coefficient (Wildman–Crippen LogP) is 5.26. The van der Waals surface area contributed by atoms with Gasteiger partial charge in [0.2, 0.25) is 0 Å². The second kappa shape index (κ2) is 9.23. The molecule has 0 aliphatic carbocycles. The molecule has 142 valence electrons. The smallest absolute Gasteiger partial charge is 0.256 e. The topological polar surface area (TPSA) is 47.6 Å². The van der Waals surface area contributed by atoms with Crippen molar-refractivity contribution in [1.82, 2.24) is 0 Å². The van der Waals surface area contributed by atoms with Crippen molar-refractivity contribution in [1.29, 1.82) is 0 Å². The summed E-state index contributed by atoms with van der Waals surface area (Å²) < 4.78 is 11.8. The van der Waals surface area contributed by atoms with Gasteiger partial charge in [-0.25, -0.2) is 0 Å². The fraction of sp³-hybridized carbons (Fsp3) is 0.667. The third-order valence-corrected chi connectivity index (χ3v) is 4.35. The Morgan fingerprint density at radius 1 is 1.16 bits per heavy atom. The summed E-state index contributed by atoms with van der Waals surface area (Å²) in [6.45, 7) is 16.7. The summed E-state index contributed by atoms with van der Waals surface area (Å²) >= 11 is 0. The molecule has 0 heterocycles. The molecule has 1 aromatic carbocycles. The van der Waals surface area contributed by atoms with Gasteiger partial charge in [0.05, 0.1) is 6.10 Å². The largest absolute Gasteiger partial charge is 0.490 e. The van der Waals surface area contributed by atoms with E-state index in [9.17, 15) is 4.79 Å². The maximum atomic E-state index is 12.8. The van der Waals surface area contributed by atoms with E-state index in [1.54, 1.807) is 0 Å². The monoisotopic (exact) mass is 349 g/mol. The number of amides is 1. The Balaban J connectivity index is 3.00. The lowest BCUT2D eigenvalue weighted by molar-refractivity contribution is -0.140. The first kappa shape index (κ1) is 21.5. The van der Waals surface area contributed by atoms with Gasteiger partial charge in [0.15, 0.2) is 0 Å². The highest BCUT2D eigenvalue weighted by Crippen LogP contribution is 2.30. The molecule has 0 aliphatic heterocycles. The van der Waals surface area contributed by atoms with Crippen LogP contribution in [0.25, 0.3) is 0 Å². The Morgan fingerprint density at radius 2 is 1.72 bits per heavy atom. The molecule has 0 fully saturated rings. The molecular weight excluding hydrogens is 314 g/mol. The third kappa shape index (κ3) is 6.03. The van der Waals surface area contributed by atoms with Crippen molar-refractivity contribution >= 4 is 11.6 Å². The van der Waals surface area contributed by atoms with Gasteiger partial charge >= 0.3 is 0 Å². The van der Waals surface area contributed by atoms with Crippen molar-refractivity contribution < 1.29 is 14.3 Å². The fourth-order valence-electron chi connectivity index (χ4n) is 3.07. The van der Waals surface area contributed by atoms with Gasteiger partial charge in [-0.05, 0) is 76.6 Å². The lowest BCUT2D eigenvalue weighted by Crippen LogP contribution is -2.44. The van der Waals surface area contributed by atoms with Crippen LogP contribution in [0.15, 0.2) is 12.1 Å². The standard InChI is InChI=1S/C21H35NO3/c1-9-17(7)25-19-15(5)11-18(12-16(19)6)22-20(23)21(8,24-10-2)13-14(3)4/h11-12,14,17H,9-10,13H2,1-8H3,(H,22,23)/t17-,21-/m1/s1. The molecule has 2 atom stereocenters. The van der Waals surface area contributed by atoms with Crippen LogP contribution in [0.1, 0.15) is 65.5 Å². The van der Waals surface area contributed by atoms with Crippen LogP contribution in [0, 0.1) is 19.8 Å². The SMILES string of the molecule is CCO[C@](C)(CC(C)C)C(=O)Nc1cc(C)c(O[C@H](C)CC)c(C)c1. The minimum absolute atomic E-state index is 0.0996. The molecule has 0 saturated carbocycles. The van der Waals surface area contributed by atoms with Gasteiger partial charge in [-0.15, -0.1) is 0 Å². The second-order valence-corrected chi connectivity index (χ2v) is 7.49. The number of hydrogen-bond donors (Lipinski definition) is 1. The number of ether oxygens (including phenoxy) is 2. The molecule has 0 aromatic heterocycles. The number of aryl methyl sites for hydroxylation is 2. The highest BCUT2D eigenvalue weighted by Gasteiger charge is 2.34. The lowest BCUT2D eigenvalue weighted by atomic mass is 9.93. The summed E-state index contributed by atoms with van der Waals surface area (Å²) in [5, 5.41) is 3.03. The summed E-state index contributed by atoms with van der Waals surface area (Å²) in [6, 6.07) is 3.93. The molecular formula is C21H35NO3. The quantitative estimate of drug-likeness (QED) is 0.661. The maximum Gasteiger partial charge on any atom is 0.256 e. The van der Waals surface area contributed by atoms with Gasteiger partial charge in [0.25, 0.3) is 5.91 Å². The highest BCUT2D eigenvalue weighted by molar-refractivity contribution is 5.97. The van der Waals surface area contributed by atoms with Crippen LogP contribution < -0.4 is 10.1 Å². The van der Waals surface area contributed by atoms with E-state index in [-0.39, 0.29) is 12.0 Å². The van der Waals surface area contributed by atoms with E-state index < -0.39 is 5.60 Å². The first-order chi connectivity index (χ1) is 11.6. The van der Waals surface area contributed by atoms with Crippen molar-refractivity contribution in [3.8, 4) is 5.75 Å². The minimum Gasteiger partial charge on any atom is -0.490 e. The Hall–Kier alpha value is -1.55. The minimum atomic E-state index is -0.823. The summed E-state index contributed by atoms with van der Waals surface area (Å²) in [5.74, 6) is 1.18. The van der Waals surface area contributed by atoms with E-state index in [1.807, 2.05) is 39.8 Å². The van der Waals surface area contributed by atoms with Crippen molar-refractivity contribution in [2.45, 2.75) is 79.9 Å². The van der Waals surface area contributed by atoms with E-state index in [0.29, 0.717) is 18.9 Å². The lowest BCUT2D eigenvalue weighted by Gasteiger charge is -2.30. The molecule has 1 rings (SSSR count). The zero-order valence-corrected chi connectivity index (χ0v) is 17.2. The number of benzene rings is 1. The predicted molar refractivity (Wildman–Crippen MR) is 104 cm³/mol. The molecule has 4 heteroatoms. The van der Waals surface area contributed by atoms with E-state index in [0.717, 1.165) is 29.0 Å². The van der Waals surface area contributed by atoms with Crippen LogP contribution in [-0.4, -0.2) is 24.2 Å². The van der Waals surface area contributed by atoms with Crippen molar-refractivity contribution in [2.75, 3.05) is 11.9 Å². The number of carbonyl (C=O) groups excluding carboxylic acids is 1. The normalized spacial score (nSPS) is 14.9. The zero-order chi connectivity index (χ0) is 19.2. The molecule has 0 radical (unpaired) electrons. The summed E-state index contributed by atoms with van der Waals surface area (Å²) in [6.07, 6.45) is 1.81. The summed E-state index contributed by atoms with van der Waals surface area (Å²) in [5.41, 5.74) is 2.01. The number of anilines is 1. The second-order valence-electron chi connectivity index (χ2n) is 7.49. The molecule has 0 unspecified atom stereocenters. The highest BCUT2D eigenvalue weighted by atomic mass is 16.5. The van der Waals surface area contributed by atoms with Crippen LogP contribution in [-0.2, 0) is 9.53 Å². The molecule has 1 aromatic rings. The number of nitrogens with one attached hydrogen (secondary N) is 1. The van der Waals surface area contributed by atoms with Gasteiger partial charge < -0.3 is 14.8 Å². The molecule has 1 amide bonds. The van der Waals surface area contributed by atoms with E-state index in [4.69, 9.17) is 9.47 Å². The molecule has 0 saturated heterocycles. The Labute approximate surface area is 153 Å². The number of rotatable bonds is 9. The van der Waals surface area contributed by atoms with Crippen LogP contribution in [0.2, 0.25) is 0 Å². The van der Waals surface area contributed by atoms with E-state index >= 15 is 0 Å². The van der Waals surface area contributed by atoms with Crippen LogP contribution in [0.5, 0.6) is 5.75 Å². The van der Waals surface area contributed by atoms with Crippen LogP contribution in [0.3, 0.4) is 0 Å². The molecule has 0 spiro atoms.